The second-order valence-electron chi connectivity index (χ2n) is 7.55. The molecule has 0 spiro atoms. The highest BCUT2D eigenvalue weighted by atomic mass is 16.3. The van der Waals surface area contributed by atoms with E-state index in [1.165, 1.54) is 0 Å². The Morgan fingerprint density at radius 3 is 2.33 bits per heavy atom. The Morgan fingerprint density at radius 1 is 1.17 bits per heavy atom. The number of benzene rings is 1. The molecule has 0 saturated carbocycles. The van der Waals surface area contributed by atoms with Crippen LogP contribution in [0, 0.1) is 12.3 Å². The van der Waals surface area contributed by atoms with Crippen molar-refractivity contribution >= 4 is 17.5 Å². The molecule has 2 amide bonds. The van der Waals surface area contributed by atoms with E-state index in [0.717, 1.165) is 11.1 Å². The van der Waals surface area contributed by atoms with Crippen molar-refractivity contribution in [2.45, 2.75) is 60.0 Å². The summed E-state index contributed by atoms with van der Waals surface area (Å²) in [7, 11) is 0. The Balaban J connectivity index is 2.74. The Labute approximate surface area is 144 Å². The zero-order valence-electron chi connectivity index (χ0n) is 15.6. The number of aryl methyl sites for hydroxylation is 1. The van der Waals surface area contributed by atoms with Crippen LogP contribution >= 0.6 is 0 Å². The number of anilines is 1. The monoisotopic (exact) mass is 334 g/mol. The van der Waals surface area contributed by atoms with Gasteiger partial charge in [0.2, 0.25) is 0 Å². The Kier molecular flexibility index (Phi) is 6.96. The Hall–Kier alpha value is -1.88. The van der Waals surface area contributed by atoms with Crippen LogP contribution in [0.3, 0.4) is 0 Å². The summed E-state index contributed by atoms with van der Waals surface area (Å²) in [4.78, 5) is 24.3. The molecule has 134 valence electrons. The van der Waals surface area contributed by atoms with Crippen molar-refractivity contribution in [2.24, 2.45) is 5.41 Å². The number of hydrogen-bond acceptors (Lipinski definition) is 3. The molecule has 0 aliphatic rings. The van der Waals surface area contributed by atoms with Crippen LogP contribution in [0.25, 0.3) is 0 Å². The van der Waals surface area contributed by atoms with Crippen LogP contribution in [0.1, 0.15) is 58.1 Å². The van der Waals surface area contributed by atoms with Crippen molar-refractivity contribution in [2.75, 3.05) is 11.9 Å². The van der Waals surface area contributed by atoms with E-state index in [0.29, 0.717) is 18.7 Å². The number of aliphatic hydroxyl groups is 1. The van der Waals surface area contributed by atoms with E-state index in [-0.39, 0.29) is 11.3 Å². The third kappa shape index (κ3) is 5.96. The van der Waals surface area contributed by atoms with E-state index in [2.05, 4.69) is 10.6 Å². The zero-order valence-corrected chi connectivity index (χ0v) is 15.6. The molecular weight excluding hydrogens is 304 g/mol. The lowest BCUT2D eigenvalue weighted by molar-refractivity contribution is -0.136. The van der Waals surface area contributed by atoms with Crippen molar-refractivity contribution in [3.8, 4) is 0 Å². The van der Waals surface area contributed by atoms with Gasteiger partial charge in [0.1, 0.15) is 0 Å². The molecule has 5 nitrogen and oxygen atoms in total. The van der Waals surface area contributed by atoms with Gasteiger partial charge in [-0.3, -0.25) is 9.59 Å². The maximum Gasteiger partial charge on any atom is 0.313 e. The number of para-hydroxylation sites is 1. The first-order chi connectivity index (χ1) is 11.0. The number of aliphatic hydroxyl groups excluding tert-OH is 1. The normalized spacial score (nSPS) is 12.8. The van der Waals surface area contributed by atoms with Crippen LogP contribution in [-0.2, 0) is 9.59 Å². The molecule has 0 saturated heterocycles. The van der Waals surface area contributed by atoms with Gasteiger partial charge in [-0.1, -0.05) is 45.9 Å². The highest BCUT2D eigenvalue weighted by Crippen LogP contribution is 2.27. The SMILES string of the molecule is Cc1cccc(C(C)C)c1NC(=O)C(=O)NCC(C)(C)CC(C)O. The van der Waals surface area contributed by atoms with Gasteiger partial charge in [-0.05, 0) is 42.7 Å². The molecule has 0 heterocycles. The van der Waals surface area contributed by atoms with Gasteiger partial charge in [-0.25, -0.2) is 0 Å². The smallest absolute Gasteiger partial charge is 0.313 e. The molecule has 0 aliphatic carbocycles. The maximum atomic E-state index is 12.2. The third-order valence-corrected chi connectivity index (χ3v) is 3.95. The van der Waals surface area contributed by atoms with Gasteiger partial charge in [0.25, 0.3) is 0 Å². The van der Waals surface area contributed by atoms with Crippen molar-refractivity contribution in [1.82, 2.24) is 5.32 Å². The van der Waals surface area contributed by atoms with Crippen molar-refractivity contribution in [1.29, 1.82) is 0 Å². The number of hydrogen-bond donors (Lipinski definition) is 3. The Morgan fingerprint density at radius 2 is 1.79 bits per heavy atom. The minimum absolute atomic E-state index is 0.244. The highest BCUT2D eigenvalue weighted by molar-refractivity contribution is 6.39. The van der Waals surface area contributed by atoms with Crippen LogP contribution in [-0.4, -0.2) is 29.6 Å². The first-order valence-electron chi connectivity index (χ1n) is 8.40. The lowest BCUT2D eigenvalue weighted by atomic mass is 9.87. The number of carbonyl (C=O) groups is 2. The molecule has 1 aromatic carbocycles. The summed E-state index contributed by atoms with van der Waals surface area (Å²) in [5, 5.41) is 14.9. The summed E-state index contributed by atoms with van der Waals surface area (Å²) in [5.41, 5.74) is 2.36. The van der Waals surface area contributed by atoms with Gasteiger partial charge in [0, 0.05) is 12.2 Å². The van der Waals surface area contributed by atoms with Crippen molar-refractivity contribution < 1.29 is 14.7 Å². The predicted octanol–water partition coefficient (Wildman–Crippen LogP) is 2.97. The zero-order chi connectivity index (χ0) is 18.5. The van der Waals surface area contributed by atoms with Crippen LogP contribution in [0.4, 0.5) is 5.69 Å². The molecule has 5 heteroatoms. The summed E-state index contributed by atoms with van der Waals surface area (Å²) in [6.45, 7) is 11.9. The lowest BCUT2D eigenvalue weighted by Crippen LogP contribution is -2.41. The number of carbonyl (C=O) groups excluding carboxylic acids is 2. The van der Waals surface area contributed by atoms with E-state index in [1.54, 1.807) is 6.92 Å². The summed E-state index contributed by atoms with van der Waals surface area (Å²) in [5.74, 6) is -1.08. The van der Waals surface area contributed by atoms with Gasteiger partial charge < -0.3 is 15.7 Å². The first-order valence-corrected chi connectivity index (χ1v) is 8.40. The van der Waals surface area contributed by atoms with Crippen LogP contribution in [0.5, 0.6) is 0 Å². The molecule has 1 rings (SSSR count). The molecule has 0 aromatic heterocycles. The van der Waals surface area contributed by atoms with E-state index >= 15 is 0 Å². The minimum Gasteiger partial charge on any atom is -0.393 e. The van der Waals surface area contributed by atoms with E-state index in [4.69, 9.17) is 0 Å². The molecule has 0 fully saturated rings. The largest absolute Gasteiger partial charge is 0.393 e. The molecule has 0 aliphatic heterocycles. The molecule has 0 bridgehead atoms. The highest BCUT2D eigenvalue weighted by Gasteiger charge is 2.24. The fourth-order valence-corrected chi connectivity index (χ4v) is 2.78. The maximum absolute atomic E-state index is 12.2. The van der Waals surface area contributed by atoms with Crippen molar-refractivity contribution in [3.05, 3.63) is 29.3 Å². The van der Waals surface area contributed by atoms with Crippen LogP contribution in [0.15, 0.2) is 18.2 Å². The number of amides is 2. The molecule has 24 heavy (non-hydrogen) atoms. The fourth-order valence-electron chi connectivity index (χ4n) is 2.78. The average Bonchev–Trinajstić information content (AvgIpc) is 2.45. The van der Waals surface area contributed by atoms with Gasteiger partial charge in [0.05, 0.1) is 6.10 Å². The predicted molar refractivity (Wildman–Crippen MR) is 97.0 cm³/mol. The van der Waals surface area contributed by atoms with Gasteiger partial charge in [-0.2, -0.15) is 0 Å². The Bertz CT molecular complexity index is 592. The molecule has 0 radical (unpaired) electrons. The van der Waals surface area contributed by atoms with Crippen LogP contribution < -0.4 is 10.6 Å². The second kappa shape index (κ2) is 8.29. The van der Waals surface area contributed by atoms with Gasteiger partial charge in [0.15, 0.2) is 0 Å². The summed E-state index contributed by atoms with van der Waals surface area (Å²) >= 11 is 0. The topological polar surface area (TPSA) is 78.4 Å². The van der Waals surface area contributed by atoms with Gasteiger partial charge >= 0.3 is 11.8 Å². The summed E-state index contributed by atoms with van der Waals surface area (Å²) in [6.07, 6.45) is 0.0933. The molecule has 3 N–H and O–H groups in total. The molecule has 1 unspecified atom stereocenters. The average molecular weight is 334 g/mol. The molecular formula is C19H30N2O3. The lowest BCUT2D eigenvalue weighted by Gasteiger charge is -2.26. The molecule has 1 aromatic rings. The minimum atomic E-state index is -0.668. The number of nitrogens with one attached hydrogen (secondary N) is 2. The first kappa shape index (κ1) is 20.2. The summed E-state index contributed by atoms with van der Waals surface area (Å²) < 4.78 is 0. The molecule has 1 atom stereocenters. The quantitative estimate of drug-likeness (QED) is 0.700. The number of rotatable bonds is 6. The van der Waals surface area contributed by atoms with Gasteiger partial charge in [-0.15, -0.1) is 0 Å². The van der Waals surface area contributed by atoms with Crippen molar-refractivity contribution in [3.63, 3.8) is 0 Å². The third-order valence-electron chi connectivity index (χ3n) is 3.95. The van der Waals surface area contributed by atoms with E-state index in [9.17, 15) is 14.7 Å². The second-order valence-corrected chi connectivity index (χ2v) is 7.55. The van der Waals surface area contributed by atoms with E-state index in [1.807, 2.05) is 52.8 Å². The van der Waals surface area contributed by atoms with E-state index < -0.39 is 17.9 Å². The standard InChI is InChI=1S/C19H30N2O3/c1-12(2)15-9-7-8-13(3)16(15)21-18(24)17(23)20-11-19(5,6)10-14(4)22/h7-9,12,14,22H,10-11H2,1-6H3,(H,20,23)(H,21,24). The summed E-state index contributed by atoms with van der Waals surface area (Å²) in [6, 6.07) is 5.81. The fraction of sp³-hybridized carbons (Fsp3) is 0.579. The van der Waals surface area contributed by atoms with Crippen LogP contribution in [0.2, 0.25) is 0 Å².